The van der Waals surface area contributed by atoms with E-state index in [1.165, 1.54) is 0 Å². The average Bonchev–Trinajstić information content (AvgIpc) is 3.11. The number of fused-ring (bicyclic) bond motifs is 1. The highest BCUT2D eigenvalue weighted by molar-refractivity contribution is 7.71. The Morgan fingerprint density at radius 1 is 1.52 bits per heavy atom. The van der Waals surface area contributed by atoms with Gasteiger partial charge in [0.1, 0.15) is 11.3 Å². The zero-order valence-corrected chi connectivity index (χ0v) is 13.4. The molecule has 0 radical (unpaired) electrons. The molecule has 1 aliphatic rings. The highest BCUT2D eigenvalue weighted by Gasteiger charge is 2.25. The molecular formula is C16H22N2O2S. The predicted molar refractivity (Wildman–Crippen MR) is 86.6 cm³/mol. The van der Waals surface area contributed by atoms with E-state index in [0.29, 0.717) is 6.61 Å². The molecule has 2 aromatic rings. The van der Waals surface area contributed by atoms with E-state index in [1.54, 1.807) is 0 Å². The third kappa shape index (κ3) is 2.72. The number of rotatable bonds is 5. The van der Waals surface area contributed by atoms with E-state index in [-0.39, 0.29) is 12.1 Å². The van der Waals surface area contributed by atoms with Crippen molar-refractivity contribution in [2.24, 2.45) is 0 Å². The molecule has 2 unspecified atom stereocenters. The van der Waals surface area contributed by atoms with Crippen LogP contribution in [0.2, 0.25) is 0 Å². The third-order valence-corrected chi connectivity index (χ3v) is 4.39. The SMILES string of the molecule is CCCOc1cccc2c1[nH]c(=S)n2C(C)C1CCCO1. The minimum Gasteiger partial charge on any atom is -0.491 e. The fourth-order valence-electron chi connectivity index (χ4n) is 3.01. The second-order valence-corrected chi connectivity index (χ2v) is 5.98. The summed E-state index contributed by atoms with van der Waals surface area (Å²) in [4.78, 5) is 3.31. The van der Waals surface area contributed by atoms with Crippen molar-refractivity contribution in [3.05, 3.63) is 23.0 Å². The number of H-pyrrole nitrogens is 1. The molecule has 0 amide bonds. The molecule has 2 heterocycles. The summed E-state index contributed by atoms with van der Waals surface area (Å²) in [5.41, 5.74) is 2.08. The Hall–Kier alpha value is -1.33. The lowest BCUT2D eigenvalue weighted by molar-refractivity contribution is 0.0741. The van der Waals surface area contributed by atoms with E-state index < -0.39 is 0 Å². The second-order valence-electron chi connectivity index (χ2n) is 5.59. The van der Waals surface area contributed by atoms with Gasteiger partial charge in [-0.3, -0.25) is 0 Å². The maximum absolute atomic E-state index is 5.83. The number of benzene rings is 1. The molecule has 1 saturated heterocycles. The summed E-state index contributed by atoms with van der Waals surface area (Å²) in [6.45, 7) is 5.85. The summed E-state index contributed by atoms with van der Waals surface area (Å²) in [5, 5.41) is 0. The summed E-state index contributed by atoms with van der Waals surface area (Å²) in [5.74, 6) is 0.874. The van der Waals surface area contributed by atoms with E-state index in [0.717, 1.165) is 47.4 Å². The molecule has 1 fully saturated rings. The lowest BCUT2D eigenvalue weighted by atomic mass is 10.1. The molecule has 3 rings (SSSR count). The zero-order valence-electron chi connectivity index (χ0n) is 12.6. The van der Waals surface area contributed by atoms with Gasteiger partial charge in [-0.05, 0) is 50.5 Å². The number of aromatic nitrogens is 2. The molecule has 2 atom stereocenters. The van der Waals surface area contributed by atoms with Gasteiger partial charge in [-0.2, -0.15) is 0 Å². The minimum atomic E-state index is 0.232. The maximum Gasteiger partial charge on any atom is 0.178 e. The Morgan fingerprint density at radius 3 is 3.10 bits per heavy atom. The van der Waals surface area contributed by atoms with Crippen molar-refractivity contribution < 1.29 is 9.47 Å². The van der Waals surface area contributed by atoms with Crippen LogP contribution in [-0.4, -0.2) is 28.9 Å². The number of para-hydroxylation sites is 1. The number of imidazole rings is 1. The van der Waals surface area contributed by atoms with Crippen molar-refractivity contribution in [3.63, 3.8) is 0 Å². The molecule has 0 spiro atoms. The highest BCUT2D eigenvalue weighted by atomic mass is 32.1. The zero-order chi connectivity index (χ0) is 14.8. The van der Waals surface area contributed by atoms with Crippen LogP contribution in [0.1, 0.15) is 39.2 Å². The van der Waals surface area contributed by atoms with Gasteiger partial charge in [0.2, 0.25) is 0 Å². The van der Waals surface area contributed by atoms with Crippen LogP contribution in [0.3, 0.4) is 0 Å². The fourth-order valence-corrected chi connectivity index (χ4v) is 3.38. The molecule has 5 heteroatoms. The summed E-state index contributed by atoms with van der Waals surface area (Å²) < 4.78 is 14.5. The fraction of sp³-hybridized carbons (Fsp3) is 0.562. The van der Waals surface area contributed by atoms with Gasteiger partial charge in [-0.25, -0.2) is 0 Å². The first-order chi connectivity index (χ1) is 10.2. The Labute approximate surface area is 130 Å². The van der Waals surface area contributed by atoms with Gasteiger partial charge in [0.15, 0.2) is 4.77 Å². The van der Waals surface area contributed by atoms with Crippen molar-refractivity contribution in [1.82, 2.24) is 9.55 Å². The van der Waals surface area contributed by atoms with Gasteiger partial charge < -0.3 is 19.0 Å². The lowest BCUT2D eigenvalue weighted by Gasteiger charge is -2.21. The van der Waals surface area contributed by atoms with Crippen LogP contribution in [0.4, 0.5) is 0 Å². The van der Waals surface area contributed by atoms with Crippen LogP contribution in [0.5, 0.6) is 5.75 Å². The van der Waals surface area contributed by atoms with Crippen molar-refractivity contribution >= 4 is 23.3 Å². The summed E-state index contributed by atoms with van der Waals surface area (Å²) in [7, 11) is 0. The molecule has 4 nitrogen and oxygen atoms in total. The largest absolute Gasteiger partial charge is 0.491 e. The van der Waals surface area contributed by atoms with Crippen molar-refractivity contribution in [1.29, 1.82) is 0 Å². The molecule has 114 valence electrons. The minimum absolute atomic E-state index is 0.232. The van der Waals surface area contributed by atoms with Gasteiger partial charge in [0.25, 0.3) is 0 Å². The Kier molecular flexibility index (Phi) is 4.31. The lowest BCUT2D eigenvalue weighted by Crippen LogP contribution is -2.20. The van der Waals surface area contributed by atoms with Gasteiger partial charge in [-0.1, -0.05) is 13.0 Å². The van der Waals surface area contributed by atoms with Crippen LogP contribution < -0.4 is 4.74 Å². The van der Waals surface area contributed by atoms with E-state index in [4.69, 9.17) is 21.7 Å². The van der Waals surface area contributed by atoms with Gasteiger partial charge >= 0.3 is 0 Å². The third-order valence-electron chi connectivity index (χ3n) is 4.09. The molecular weight excluding hydrogens is 284 g/mol. The summed E-state index contributed by atoms with van der Waals surface area (Å²) in [6.07, 6.45) is 3.47. The van der Waals surface area contributed by atoms with E-state index in [9.17, 15) is 0 Å². The molecule has 0 aliphatic carbocycles. The first kappa shape index (κ1) is 14.6. The summed E-state index contributed by atoms with van der Waals surface area (Å²) in [6, 6.07) is 6.33. The van der Waals surface area contributed by atoms with Crippen LogP contribution in [-0.2, 0) is 4.74 Å². The Morgan fingerprint density at radius 2 is 2.38 bits per heavy atom. The Balaban J connectivity index is 2.02. The smallest absolute Gasteiger partial charge is 0.178 e. The number of nitrogens with zero attached hydrogens (tertiary/aromatic N) is 1. The first-order valence-corrected chi connectivity index (χ1v) is 8.11. The van der Waals surface area contributed by atoms with Crippen molar-refractivity contribution in [2.45, 2.75) is 45.3 Å². The van der Waals surface area contributed by atoms with E-state index >= 15 is 0 Å². The predicted octanol–water partition coefficient (Wildman–Crippen LogP) is 4.23. The number of hydrogen-bond acceptors (Lipinski definition) is 3. The molecule has 1 aliphatic heterocycles. The average molecular weight is 306 g/mol. The summed E-state index contributed by atoms with van der Waals surface area (Å²) >= 11 is 5.53. The van der Waals surface area contributed by atoms with Crippen molar-refractivity contribution in [3.8, 4) is 5.75 Å². The number of nitrogens with one attached hydrogen (secondary N) is 1. The van der Waals surface area contributed by atoms with Crippen LogP contribution in [0, 0.1) is 4.77 Å². The number of ether oxygens (including phenoxy) is 2. The number of aromatic amines is 1. The van der Waals surface area contributed by atoms with Crippen LogP contribution in [0.15, 0.2) is 18.2 Å². The standard InChI is InChI=1S/C16H22N2O2S/c1-3-9-19-14-7-4-6-12-15(14)17-16(21)18(12)11(2)13-8-5-10-20-13/h4,6-7,11,13H,3,5,8-10H2,1-2H3,(H,17,21). The molecule has 1 N–H and O–H groups in total. The quantitative estimate of drug-likeness (QED) is 0.840. The number of hydrogen-bond donors (Lipinski definition) is 1. The Bertz CT molecular complexity index is 670. The highest BCUT2D eigenvalue weighted by Crippen LogP contribution is 2.31. The molecule has 0 saturated carbocycles. The van der Waals surface area contributed by atoms with E-state index in [2.05, 4.69) is 29.5 Å². The monoisotopic (exact) mass is 306 g/mol. The van der Waals surface area contributed by atoms with Gasteiger partial charge in [-0.15, -0.1) is 0 Å². The van der Waals surface area contributed by atoms with Gasteiger partial charge in [0, 0.05) is 6.61 Å². The molecule has 1 aromatic carbocycles. The second kappa shape index (κ2) is 6.20. The van der Waals surface area contributed by atoms with Crippen LogP contribution in [0.25, 0.3) is 11.0 Å². The van der Waals surface area contributed by atoms with Crippen molar-refractivity contribution in [2.75, 3.05) is 13.2 Å². The topological polar surface area (TPSA) is 39.2 Å². The van der Waals surface area contributed by atoms with E-state index in [1.807, 2.05) is 12.1 Å². The van der Waals surface area contributed by atoms with Crippen LogP contribution >= 0.6 is 12.2 Å². The van der Waals surface area contributed by atoms with Gasteiger partial charge in [0.05, 0.1) is 24.3 Å². The molecule has 1 aromatic heterocycles. The first-order valence-electron chi connectivity index (χ1n) is 7.70. The molecule has 21 heavy (non-hydrogen) atoms. The maximum atomic E-state index is 5.83. The molecule has 0 bridgehead atoms. The normalized spacial score (nSPS) is 20.0.